The summed E-state index contributed by atoms with van der Waals surface area (Å²) in [5, 5.41) is 0.798. The van der Waals surface area contributed by atoms with E-state index < -0.39 is 0 Å². The van der Waals surface area contributed by atoms with E-state index in [1.54, 1.807) is 5.56 Å². The van der Waals surface area contributed by atoms with Gasteiger partial charge >= 0.3 is 0 Å². The molecule has 0 spiro atoms. The van der Waals surface area contributed by atoms with E-state index in [-0.39, 0.29) is 0 Å². The Morgan fingerprint density at radius 1 is 0.957 bits per heavy atom. The molecule has 0 saturated heterocycles. The first-order valence-electron chi connectivity index (χ1n) is 8.25. The Morgan fingerprint density at radius 3 is 2.43 bits per heavy atom. The summed E-state index contributed by atoms with van der Waals surface area (Å²) in [6.07, 6.45) is 3.65. The largest absolute Gasteiger partial charge is 0.344 e. The lowest BCUT2D eigenvalue weighted by atomic mass is 10.0. The van der Waals surface area contributed by atoms with Crippen LogP contribution in [0.2, 0.25) is 5.02 Å². The van der Waals surface area contributed by atoms with E-state index >= 15 is 0 Å². The van der Waals surface area contributed by atoms with Crippen molar-refractivity contribution in [1.29, 1.82) is 0 Å². The zero-order valence-electron chi connectivity index (χ0n) is 13.3. The molecule has 0 N–H and O–H groups in total. The predicted octanol–water partition coefficient (Wildman–Crippen LogP) is 5.65. The minimum absolute atomic E-state index is 0.798. The maximum atomic E-state index is 6.06. The maximum Gasteiger partial charge on any atom is 0.0475 e. The zero-order chi connectivity index (χ0) is 15.8. The van der Waals surface area contributed by atoms with Crippen LogP contribution in [0.15, 0.2) is 54.6 Å². The smallest absolute Gasteiger partial charge is 0.0475 e. The summed E-state index contributed by atoms with van der Waals surface area (Å²) >= 11 is 6.06. The van der Waals surface area contributed by atoms with E-state index in [2.05, 4.69) is 54.0 Å². The average Bonchev–Trinajstić information content (AvgIpc) is 3.13. The van der Waals surface area contributed by atoms with Crippen molar-refractivity contribution in [3.63, 3.8) is 0 Å². The van der Waals surface area contributed by atoms with Crippen molar-refractivity contribution < 1.29 is 0 Å². The SMILES string of the molecule is Cc1c(-c2ccc(Cl)cc2)c2c(n1Cc1ccccc1)CCC2. The normalized spacial score (nSPS) is 13.3. The predicted molar refractivity (Wildman–Crippen MR) is 97.2 cm³/mol. The van der Waals surface area contributed by atoms with Gasteiger partial charge in [-0.15, -0.1) is 0 Å². The van der Waals surface area contributed by atoms with Crippen LogP contribution in [0.25, 0.3) is 11.1 Å². The third kappa shape index (κ3) is 2.60. The van der Waals surface area contributed by atoms with E-state index in [0.29, 0.717) is 0 Å². The minimum atomic E-state index is 0.798. The Kier molecular flexibility index (Phi) is 3.74. The van der Waals surface area contributed by atoms with Gasteiger partial charge in [-0.3, -0.25) is 0 Å². The summed E-state index contributed by atoms with van der Waals surface area (Å²) in [6, 6.07) is 19.0. The second kappa shape index (κ2) is 5.90. The van der Waals surface area contributed by atoms with Crippen LogP contribution in [-0.2, 0) is 19.4 Å². The molecule has 0 bridgehead atoms. The summed E-state index contributed by atoms with van der Waals surface area (Å²) in [5.74, 6) is 0. The number of fused-ring (bicyclic) bond motifs is 1. The van der Waals surface area contributed by atoms with Crippen LogP contribution in [0.5, 0.6) is 0 Å². The Labute approximate surface area is 142 Å². The molecule has 1 aromatic heterocycles. The van der Waals surface area contributed by atoms with Crippen LogP contribution in [0, 0.1) is 6.92 Å². The van der Waals surface area contributed by atoms with Gasteiger partial charge in [-0.25, -0.2) is 0 Å². The van der Waals surface area contributed by atoms with E-state index in [0.717, 1.165) is 11.6 Å². The molecule has 0 aliphatic heterocycles. The van der Waals surface area contributed by atoms with Crippen LogP contribution in [-0.4, -0.2) is 4.57 Å². The molecule has 1 heterocycles. The topological polar surface area (TPSA) is 4.93 Å². The lowest BCUT2D eigenvalue weighted by molar-refractivity contribution is 0.720. The number of aromatic nitrogens is 1. The second-order valence-corrected chi connectivity index (χ2v) is 6.75. The van der Waals surface area contributed by atoms with Gasteiger partial charge in [0, 0.05) is 28.5 Å². The summed E-state index contributed by atoms with van der Waals surface area (Å²) < 4.78 is 2.52. The van der Waals surface area contributed by atoms with E-state index in [1.807, 2.05) is 12.1 Å². The first kappa shape index (κ1) is 14.6. The van der Waals surface area contributed by atoms with Crippen molar-refractivity contribution in [3.8, 4) is 11.1 Å². The van der Waals surface area contributed by atoms with Crippen molar-refractivity contribution in [2.75, 3.05) is 0 Å². The number of hydrogen-bond donors (Lipinski definition) is 0. The zero-order valence-corrected chi connectivity index (χ0v) is 14.1. The highest BCUT2D eigenvalue weighted by Gasteiger charge is 2.24. The molecule has 0 amide bonds. The lowest BCUT2D eigenvalue weighted by Gasteiger charge is -2.11. The highest BCUT2D eigenvalue weighted by Crippen LogP contribution is 2.38. The van der Waals surface area contributed by atoms with Gasteiger partial charge < -0.3 is 4.57 Å². The Bertz CT molecular complexity index is 829. The van der Waals surface area contributed by atoms with E-state index in [9.17, 15) is 0 Å². The molecule has 23 heavy (non-hydrogen) atoms. The number of rotatable bonds is 3. The van der Waals surface area contributed by atoms with Gasteiger partial charge in [0.15, 0.2) is 0 Å². The fraction of sp³-hybridized carbons (Fsp3) is 0.238. The van der Waals surface area contributed by atoms with Gasteiger partial charge in [0.1, 0.15) is 0 Å². The third-order valence-electron chi connectivity index (χ3n) is 4.90. The highest BCUT2D eigenvalue weighted by molar-refractivity contribution is 6.30. The van der Waals surface area contributed by atoms with Gasteiger partial charge in [0.05, 0.1) is 0 Å². The Balaban J connectivity index is 1.82. The van der Waals surface area contributed by atoms with Crippen molar-refractivity contribution in [1.82, 2.24) is 4.57 Å². The van der Waals surface area contributed by atoms with Crippen LogP contribution < -0.4 is 0 Å². The maximum absolute atomic E-state index is 6.06. The molecular weight excluding hydrogens is 302 g/mol. The van der Waals surface area contributed by atoms with E-state index in [4.69, 9.17) is 11.6 Å². The fourth-order valence-corrected chi connectivity index (χ4v) is 3.96. The molecular formula is C21H20ClN. The molecule has 4 rings (SSSR count). The Morgan fingerprint density at radius 2 is 1.70 bits per heavy atom. The number of benzene rings is 2. The van der Waals surface area contributed by atoms with E-state index in [1.165, 1.54) is 47.3 Å². The van der Waals surface area contributed by atoms with Crippen LogP contribution in [0.4, 0.5) is 0 Å². The van der Waals surface area contributed by atoms with Crippen LogP contribution >= 0.6 is 11.6 Å². The van der Waals surface area contributed by atoms with Gasteiger partial charge in [-0.05, 0) is 55.0 Å². The molecule has 0 fully saturated rings. The molecule has 0 saturated carbocycles. The molecule has 1 nitrogen and oxygen atoms in total. The van der Waals surface area contributed by atoms with Crippen molar-refractivity contribution in [3.05, 3.63) is 82.1 Å². The molecule has 3 aromatic rings. The summed E-state index contributed by atoms with van der Waals surface area (Å²) in [6.45, 7) is 3.22. The lowest BCUT2D eigenvalue weighted by Crippen LogP contribution is -2.05. The minimum Gasteiger partial charge on any atom is -0.344 e. The van der Waals surface area contributed by atoms with Crippen molar-refractivity contribution >= 4 is 11.6 Å². The third-order valence-corrected chi connectivity index (χ3v) is 5.15. The standard InChI is InChI=1S/C21H20ClN/c1-15-21(17-10-12-18(22)13-11-17)19-8-5-9-20(19)23(15)14-16-6-3-2-4-7-16/h2-4,6-7,10-13H,5,8-9,14H2,1H3. The summed E-state index contributed by atoms with van der Waals surface area (Å²) in [4.78, 5) is 0. The van der Waals surface area contributed by atoms with Gasteiger partial charge in [-0.2, -0.15) is 0 Å². The molecule has 116 valence electrons. The van der Waals surface area contributed by atoms with Crippen molar-refractivity contribution in [2.45, 2.75) is 32.7 Å². The van der Waals surface area contributed by atoms with Crippen LogP contribution in [0.3, 0.4) is 0 Å². The average molecular weight is 322 g/mol. The molecule has 1 aliphatic carbocycles. The van der Waals surface area contributed by atoms with Crippen molar-refractivity contribution in [2.24, 2.45) is 0 Å². The molecule has 2 heteroatoms. The number of nitrogens with zero attached hydrogens (tertiary/aromatic N) is 1. The fourth-order valence-electron chi connectivity index (χ4n) is 3.83. The first-order valence-corrected chi connectivity index (χ1v) is 8.62. The first-order chi connectivity index (χ1) is 11.2. The number of hydrogen-bond acceptors (Lipinski definition) is 0. The number of halogens is 1. The summed E-state index contributed by atoms with van der Waals surface area (Å²) in [7, 11) is 0. The molecule has 1 aliphatic rings. The molecule has 0 atom stereocenters. The van der Waals surface area contributed by atoms with Gasteiger partial charge in [-0.1, -0.05) is 54.1 Å². The second-order valence-electron chi connectivity index (χ2n) is 6.32. The van der Waals surface area contributed by atoms with Gasteiger partial charge in [0.25, 0.3) is 0 Å². The molecule has 2 aromatic carbocycles. The van der Waals surface area contributed by atoms with Crippen LogP contribution in [0.1, 0.15) is 28.9 Å². The quantitative estimate of drug-likeness (QED) is 0.587. The molecule has 0 radical (unpaired) electrons. The highest BCUT2D eigenvalue weighted by atomic mass is 35.5. The monoisotopic (exact) mass is 321 g/mol. The Hall–Kier alpha value is -1.99. The summed E-state index contributed by atoms with van der Waals surface area (Å²) in [5.41, 5.74) is 8.52. The molecule has 0 unspecified atom stereocenters. The van der Waals surface area contributed by atoms with Gasteiger partial charge in [0.2, 0.25) is 0 Å².